The van der Waals surface area contributed by atoms with Gasteiger partial charge in [-0.2, -0.15) is 0 Å². The third kappa shape index (κ3) is 3.51. The maximum Gasteiger partial charge on any atom is 0.251 e. The maximum atomic E-state index is 13.2. The molecule has 1 fully saturated rings. The Kier molecular flexibility index (Phi) is 4.30. The van der Waals surface area contributed by atoms with Crippen molar-refractivity contribution < 1.29 is 14.0 Å². The molecule has 0 radical (unpaired) electrons. The Morgan fingerprint density at radius 1 is 1.22 bits per heavy atom. The SMILES string of the molecule is O=C(N[C@H]1CC(=O)N(c2ccc(Cl)cc2)C1)c1cccc(F)c1. The van der Waals surface area contributed by atoms with Gasteiger partial charge in [-0.3, -0.25) is 9.59 Å². The molecule has 0 aliphatic carbocycles. The molecule has 0 saturated carbocycles. The van der Waals surface area contributed by atoms with Crippen molar-refractivity contribution in [1.29, 1.82) is 0 Å². The first-order chi connectivity index (χ1) is 11.0. The van der Waals surface area contributed by atoms with Crippen LogP contribution in [0, 0.1) is 5.82 Å². The molecule has 1 aliphatic rings. The highest BCUT2D eigenvalue weighted by Crippen LogP contribution is 2.23. The molecule has 118 valence electrons. The first kappa shape index (κ1) is 15.5. The highest BCUT2D eigenvalue weighted by atomic mass is 35.5. The molecule has 3 rings (SSSR count). The van der Waals surface area contributed by atoms with Gasteiger partial charge < -0.3 is 10.2 Å². The van der Waals surface area contributed by atoms with Crippen LogP contribution in [0.1, 0.15) is 16.8 Å². The Morgan fingerprint density at radius 3 is 2.65 bits per heavy atom. The van der Waals surface area contributed by atoms with E-state index in [1.54, 1.807) is 29.2 Å². The normalized spacial score (nSPS) is 17.4. The molecule has 1 aliphatic heterocycles. The number of hydrogen-bond donors (Lipinski definition) is 1. The van der Waals surface area contributed by atoms with Gasteiger partial charge in [-0.05, 0) is 42.5 Å². The molecule has 2 aromatic rings. The summed E-state index contributed by atoms with van der Waals surface area (Å²) >= 11 is 5.84. The topological polar surface area (TPSA) is 49.4 Å². The van der Waals surface area contributed by atoms with Crippen molar-refractivity contribution in [2.45, 2.75) is 12.5 Å². The fraction of sp³-hybridized carbons (Fsp3) is 0.176. The zero-order valence-corrected chi connectivity index (χ0v) is 12.9. The number of carbonyl (C=O) groups excluding carboxylic acids is 2. The minimum atomic E-state index is -0.470. The molecule has 4 nitrogen and oxygen atoms in total. The lowest BCUT2D eigenvalue weighted by molar-refractivity contribution is -0.117. The first-order valence-corrected chi connectivity index (χ1v) is 7.53. The summed E-state index contributed by atoms with van der Waals surface area (Å²) in [7, 11) is 0. The van der Waals surface area contributed by atoms with Gasteiger partial charge in [0.05, 0.1) is 6.04 Å². The van der Waals surface area contributed by atoms with E-state index in [0.717, 1.165) is 5.69 Å². The van der Waals surface area contributed by atoms with Gasteiger partial charge in [-0.15, -0.1) is 0 Å². The van der Waals surface area contributed by atoms with Gasteiger partial charge >= 0.3 is 0 Å². The molecule has 1 heterocycles. The molecule has 1 N–H and O–H groups in total. The summed E-state index contributed by atoms with van der Waals surface area (Å²) in [5.41, 5.74) is 0.976. The highest BCUT2D eigenvalue weighted by molar-refractivity contribution is 6.30. The molecule has 0 bridgehead atoms. The van der Waals surface area contributed by atoms with Gasteiger partial charge in [0.25, 0.3) is 5.91 Å². The summed E-state index contributed by atoms with van der Waals surface area (Å²) in [6, 6.07) is 12.1. The van der Waals surface area contributed by atoms with E-state index in [2.05, 4.69) is 5.32 Å². The molecule has 2 amide bonds. The van der Waals surface area contributed by atoms with E-state index in [9.17, 15) is 14.0 Å². The monoisotopic (exact) mass is 332 g/mol. The van der Waals surface area contributed by atoms with Crippen molar-refractivity contribution in [3.8, 4) is 0 Å². The van der Waals surface area contributed by atoms with Crippen molar-refractivity contribution in [1.82, 2.24) is 5.32 Å². The average molecular weight is 333 g/mol. The van der Waals surface area contributed by atoms with Crippen LogP contribution in [-0.4, -0.2) is 24.4 Å². The van der Waals surface area contributed by atoms with Crippen LogP contribution in [0.5, 0.6) is 0 Å². The summed E-state index contributed by atoms with van der Waals surface area (Å²) in [5.74, 6) is -0.931. The summed E-state index contributed by atoms with van der Waals surface area (Å²) in [6.45, 7) is 0.377. The Morgan fingerprint density at radius 2 is 1.96 bits per heavy atom. The molecule has 0 spiro atoms. The van der Waals surface area contributed by atoms with E-state index >= 15 is 0 Å². The van der Waals surface area contributed by atoms with Crippen molar-refractivity contribution >= 4 is 29.1 Å². The number of carbonyl (C=O) groups is 2. The zero-order chi connectivity index (χ0) is 16.4. The number of halogens is 2. The number of nitrogens with one attached hydrogen (secondary N) is 1. The molecule has 0 unspecified atom stereocenters. The van der Waals surface area contributed by atoms with Crippen LogP contribution in [-0.2, 0) is 4.79 Å². The Balaban J connectivity index is 1.68. The third-order valence-corrected chi connectivity index (χ3v) is 3.94. The van der Waals surface area contributed by atoms with E-state index < -0.39 is 5.82 Å². The van der Waals surface area contributed by atoms with Crippen molar-refractivity contribution in [2.24, 2.45) is 0 Å². The van der Waals surface area contributed by atoms with Crippen LogP contribution in [0.2, 0.25) is 5.02 Å². The number of hydrogen-bond acceptors (Lipinski definition) is 2. The molecule has 0 aromatic heterocycles. The molecule has 6 heteroatoms. The van der Waals surface area contributed by atoms with E-state index in [1.807, 2.05) is 0 Å². The predicted molar refractivity (Wildman–Crippen MR) is 86.1 cm³/mol. The van der Waals surface area contributed by atoms with Crippen molar-refractivity contribution in [3.05, 3.63) is 64.9 Å². The van der Waals surface area contributed by atoms with Gasteiger partial charge in [-0.1, -0.05) is 17.7 Å². The molecule has 23 heavy (non-hydrogen) atoms. The third-order valence-electron chi connectivity index (χ3n) is 3.69. The lowest BCUT2D eigenvalue weighted by Crippen LogP contribution is -2.37. The van der Waals surface area contributed by atoms with Crippen LogP contribution in [0.3, 0.4) is 0 Å². The number of nitrogens with zero attached hydrogens (tertiary/aromatic N) is 1. The smallest absolute Gasteiger partial charge is 0.251 e. The van der Waals surface area contributed by atoms with Crippen LogP contribution < -0.4 is 10.2 Å². The van der Waals surface area contributed by atoms with Gasteiger partial charge in [0.2, 0.25) is 5.91 Å². The number of rotatable bonds is 3. The highest BCUT2D eigenvalue weighted by Gasteiger charge is 2.31. The first-order valence-electron chi connectivity index (χ1n) is 7.15. The molecular weight excluding hydrogens is 319 g/mol. The quantitative estimate of drug-likeness (QED) is 0.939. The molecule has 2 aromatic carbocycles. The fourth-order valence-electron chi connectivity index (χ4n) is 2.57. The van der Waals surface area contributed by atoms with Gasteiger partial charge in [0.15, 0.2) is 0 Å². The fourth-order valence-corrected chi connectivity index (χ4v) is 2.70. The lowest BCUT2D eigenvalue weighted by Gasteiger charge is -2.17. The summed E-state index contributed by atoms with van der Waals surface area (Å²) < 4.78 is 13.2. The standard InChI is InChI=1S/C17H14ClFN2O2/c18-12-4-6-15(7-5-12)21-10-14(9-16(21)22)20-17(23)11-2-1-3-13(19)8-11/h1-8,14H,9-10H2,(H,20,23)/t14-/m0/s1. The molecular formula is C17H14ClFN2O2. The Bertz CT molecular complexity index is 749. The second kappa shape index (κ2) is 6.38. The summed E-state index contributed by atoms with van der Waals surface area (Å²) in [5, 5.41) is 3.36. The predicted octanol–water partition coefficient (Wildman–Crippen LogP) is 3.01. The molecule has 1 atom stereocenters. The van der Waals surface area contributed by atoms with Crippen molar-refractivity contribution in [2.75, 3.05) is 11.4 Å². The second-order valence-electron chi connectivity index (χ2n) is 5.37. The van der Waals surface area contributed by atoms with E-state index in [-0.39, 0.29) is 29.8 Å². The minimum Gasteiger partial charge on any atom is -0.347 e. The van der Waals surface area contributed by atoms with Gasteiger partial charge in [-0.25, -0.2) is 4.39 Å². The summed E-state index contributed by atoms with van der Waals surface area (Å²) in [4.78, 5) is 25.9. The van der Waals surface area contributed by atoms with Crippen LogP contribution in [0.15, 0.2) is 48.5 Å². The Labute approximate surface area is 137 Å². The number of anilines is 1. The lowest BCUT2D eigenvalue weighted by atomic mass is 10.2. The van der Waals surface area contributed by atoms with E-state index in [1.165, 1.54) is 24.3 Å². The van der Waals surface area contributed by atoms with E-state index in [0.29, 0.717) is 11.6 Å². The average Bonchev–Trinajstić information content (AvgIpc) is 2.88. The van der Waals surface area contributed by atoms with Crippen LogP contribution >= 0.6 is 11.6 Å². The van der Waals surface area contributed by atoms with Crippen molar-refractivity contribution in [3.63, 3.8) is 0 Å². The largest absolute Gasteiger partial charge is 0.347 e. The Hall–Kier alpha value is -2.40. The molecule has 1 saturated heterocycles. The second-order valence-corrected chi connectivity index (χ2v) is 5.80. The maximum absolute atomic E-state index is 13.2. The van der Waals surface area contributed by atoms with Gasteiger partial charge in [0.1, 0.15) is 5.82 Å². The number of amides is 2. The van der Waals surface area contributed by atoms with E-state index in [4.69, 9.17) is 11.6 Å². The summed E-state index contributed by atoms with van der Waals surface area (Å²) in [6.07, 6.45) is 0.212. The zero-order valence-electron chi connectivity index (χ0n) is 12.1. The number of benzene rings is 2. The van der Waals surface area contributed by atoms with Crippen LogP contribution in [0.4, 0.5) is 10.1 Å². The van der Waals surface area contributed by atoms with Gasteiger partial charge in [0, 0.05) is 29.2 Å². The minimum absolute atomic E-state index is 0.0723. The van der Waals surface area contributed by atoms with Crippen LogP contribution in [0.25, 0.3) is 0 Å².